The normalized spacial score (nSPS) is 18.1. The zero-order chi connectivity index (χ0) is 22.0. The number of nitrogens with zero attached hydrogens (tertiary/aromatic N) is 2. The smallest absolute Gasteiger partial charge is 0.327 e. The van der Waals surface area contributed by atoms with E-state index in [1.807, 2.05) is 60.7 Å². The first-order chi connectivity index (χ1) is 15.0. The number of thiazole rings is 1. The van der Waals surface area contributed by atoms with Gasteiger partial charge in [-0.05, 0) is 17.5 Å². The minimum Gasteiger partial charge on any atom is -0.480 e. The summed E-state index contributed by atoms with van der Waals surface area (Å²) in [6, 6.07) is 17.9. The van der Waals surface area contributed by atoms with E-state index in [-0.39, 0.29) is 18.8 Å². The van der Waals surface area contributed by atoms with Crippen LogP contribution in [0.15, 0.2) is 66.9 Å². The van der Waals surface area contributed by atoms with Crippen LogP contribution in [0, 0.1) is 5.92 Å². The molecule has 4 rings (SSSR count). The predicted octanol–water partition coefficient (Wildman–Crippen LogP) is 2.93. The number of likely N-dealkylation sites (tertiary alicyclic amines) is 1. The number of amides is 2. The molecule has 2 aromatic carbocycles. The number of β-lactam (4-membered cyclic amide) rings is 1. The molecule has 0 bridgehead atoms. The van der Waals surface area contributed by atoms with Gasteiger partial charge >= 0.3 is 5.97 Å². The lowest BCUT2D eigenvalue weighted by atomic mass is 9.82. The largest absolute Gasteiger partial charge is 0.480 e. The first kappa shape index (κ1) is 20.7. The van der Waals surface area contributed by atoms with Crippen molar-refractivity contribution in [2.24, 2.45) is 5.92 Å². The van der Waals surface area contributed by atoms with Gasteiger partial charge in [0, 0.05) is 23.4 Å². The maximum atomic E-state index is 13.1. The molecule has 7 nitrogen and oxygen atoms in total. The molecule has 0 spiro atoms. The molecular formula is C23H21N3O4S. The van der Waals surface area contributed by atoms with Crippen LogP contribution in [-0.2, 0) is 20.8 Å². The number of carboxylic acids is 1. The third kappa shape index (κ3) is 4.20. The van der Waals surface area contributed by atoms with E-state index in [4.69, 9.17) is 5.73 Å². The average molecular weight is 436 g/mol. The highest BCUT2D eigenvalue weighted by Gasteiger charge is 2.54. The van der Waals surface area contributed by atoms with E-state index in [9.17, 15) is 19.5 Å². The van der Waals surface area contributed by atoms with Gasteiger partial charge in [0.05, 0.1) is 5.92 Å². The van der Waals surface area contributed by atoms with Gasteiger partial charge in [0.1, 0.15) is 6.04 Å². The number of nitrogens with two attached hydrogens (primary N) is 1. The van der Waals surface area contributed by atoms with E-state index < -0.39 is 29.7 Å². The molecule has 158 valence electrons. The summed E-state index contributed by atoms with van der Waals surface area (Å²) in [7, 11) is 0. The van der Waals surface area contributed by atoms with Crippen molar-refractivity contribution in [3.05, 3.63) is 82.9 Å². The van der Waals surface area contributed by atoms with Crippen LogP contribution in [0.1, 0.15) is 28.3 Å². The Balaban J connectivity index is 1.55. The van der Waals surface area contributed by atoms with Crippen LogP contribution in [0.2, 0.25) is 0 Å². The Bertz CT molecular complexity index is 1060. The van der Waals surface area contributed by atoms with Crippen LogP contribution in [0.4, 0.5) is 5.13 Å². The molecule has 2 amide bonds. The molecule has 1 aliphatic rings. The maximum absolute atomic E-state index is 13.1. The lowest BCUT2D eigenvalue weighted by Gasteiger charge is -2.43. The molecule has 8 heteroatoms. The molecular weight excluding hydrogens is 414 g/mol. The Hall–Kier alpha value is -3.52. The summed E-state index contributed by atoms with van der Waals surface area (Å²) in [5.74, 6) is -3.23. The lowest BCUT2D eigenvalue weighted by molar-refractivity contribution is -0.177. The number of carbonyl (C=O) groups excluding carboxylic acids is 2. The Morgan fingerprint density at radius 1 is 1.06 bits per heavy atom. The second-order valence-corrected chi connectivity index (χ2v) is 8.59. The highest BCUT2D eigenvalue weighted by atomic mass is 32.1. The van der Waals surface area contributed by atoms with Crippen LogP contribution >= 0.6 is 11.3 Å². The molecule has 3 aromatic rings. The van der Waals surface area contributed by atoms with Gasteiger partial charge in [0.15, 0.2) is 5.13 Å². The summed E-state index contributed by atoms with van der Waals surface area (Å²) in [5.41, 5.74) is 7.48. The van der Waals surface area contributed by atoms with E-state index in [0.717, 1.165) is 20.9 Å². The van der Waals surface area contributed by atoms with Crippen molar-refractivity contribution in [3.63, 3.8) is 0 Å². The number of hydrogen-bond donors (Lipinski definition) is 2. The molecule has 31 heavy (non-hydrogen) atoms. The summed E-state index contributed by atoms with van der Waals surface area (Å²) in [6.07, 6.45) is 1.75. The molecule has 1 aromatic heterocycles. The molecule has 1 aliphatic heterocycles. The van der Waals surface area contributed by atoms with Crippen LogP contribution in [0.5, 0.6) is 0 Å². The van der Waals surface area contributed by atoms with E-state index in [1.54, 1.807) is 0 Å². The monoisotopic (exact) mass is 435 g/mol. The SMILES string of the molecule is Nc1ncc(C[C@H]2C(=O)N(C(=O)CC(c3ccccc3)c3ccccc3)[C@@H]2C(=O)O)s1. The molecule has 0 aliphatic carbocycles. The first-order valence-corrected chi connectivity index (χ1v) is 10.7. The number of benzene rings is 2. The van der Waals surface area contributed by atoms with Gasteiger partial charge in [-0.2, -0.15) is 0 Å². The van der Waals surface area contributed by atoms with Crippen LogP contribution < -0.4 is 5.73 Å². The van der Waals surface area contributed by atoms with E-state index in [0.29, 0.717) is 5.13 Å². The first-order valence-electron chi connectivity index (χ1n) is 9.84. The van der Waals surface area contributed by atoms with Gasteiger partial charge in [0.25, 0.3) is 0 Å². The number of carboxylic acid groups (broad SMARTS) is 1. The number of aliphatic carboxylic acids is 1. The van der Waals surface area contributed by atoms with E-state index in [1.165, 1.54) is 17.5 Å². The van der Waals surface area contributed by atoms with Crippen molar-refractivity contribution >= 4 is 34.3 Å². The van der Waals surface area contributed by atoms with Gasteiger partial charge < -0.3 is 10.8 Å². The zero-order valence-electron chi connectivity index (χ0n) is 16.5. The van der Waals surface area contributed by atoms with Crippen molar-refractivity contribution in [2.45, 2.75) is 24.8 Å². The number of imide groups is 1. The molecule has 1 saturated heterocycles. The standard InChI is InChI=1S/C23H21N3O4S/c24-23-25-13-16(31-23)11-18-20(22(29)30)26(21(18)28)19(27)12-17(14-7-3-1-4-8-14)15-9-5-2-6-10-15/h1-10,13,17-18,20H,11-12H2,(H2,24,25)(H,29,30)/t18-,20+/m1/s1. The highest BCUT2D eigenvalue weighted by Crippen LogP contribution is 2.35. The van der Waals surface area contributed by atoms with Gasteiger partial charge in [0.2, 0.25) is 11.8 Å². The minimum atomic E-state index is -1.19. The van der Waals surface area contributed by atoms with Crippen LogP contribution in [-0.4, -0.2) is 38.8 Å². The fourth-order valence-corrected chi connectivity index (χ4v) is 4.76. The minimum absolute atomic E-state index is 0.00374. The van der Waals surface area contributed by atoms with Gasteiger partial charge in [-0.15, -0.1) is 11.3 Å². The molecule has 2 atom stereocenters. The predicted molar refractivity (Wildman–Crippen MR) is 116 cm³/mol. The molecule has 0 saturated carbocycles. The lowest BCUT2D eigenvalue weighted by Crippen LogP contribution is -2.66. The highest BCUT2D eigenvalue weighted by molar-refractivity contribution is 7.15. The van der Waals surface area contributed by atoms with Gasteiger partial charge in [-0.3, -0.25) is 14.5 Å². The Morgan fingerprint density at radius 3 is 2.13 bits per heavy atom. The number of aromatic nitrogens is 1. The molecule has 2 heterocycles. The van der Waals surface area contributed by atoms with Crippen molar-refractivity contribution in [3.8, 4) is 0 Å². The fourth-order valence-electron chi connectivity index (χ4n) is 4.01. The molecule has 0 radical (unpaired) electrons. The number of carbonyl (C=O) groups is 3. The average Bonchev–Trinajstić information content (AvgIpc) is 3.19. The summed E-state index contributed by atoms with van der Waals surface area (Å²) in [4.78, 5) is 43.4. The third-order valence-corrected chi connectivity index (χ3v) is 6.36. The summed E-state index contributed by atoms with van der Waals surface area (Å²) in [6.45, 7) is 0. The number of anilines is 1. The zero-order valence-corrected chi connectivity index (χ0v) is 17.4. The Kier molecular flexibility index (Phi) is 5.81. The van der Waals surface area contributed by atoms with E-state index in [2.05, 4.69) is 4.98 Å². The number of rotatable bonds is 7. The third-order valence-electron chi connectivity index (χ3n) is 5.51. The quantitative estimate of drug-likeness (QED) is 0.552. The second-order valence-electron chi connectivity index (χ2n) is 7.44. The molecule has 0 unspecified atom stereocenters. The van der Waals surface area contributed by atoms with Crippen molar-refractivity contribution in [1.82, 2.24) is 9.88 Å². The Morgan fingerprint density at radius 2 is 1.65 bits per heavy atom. The van der Waals surface area contributed by atoms with Gasteiger partial charge in [-0.1, -0.05) is 60.7 Å². The van der Waals surface area contributed by atoms with Crippen molar-refractivity contribution < 1.29 is 19.5 Å². The van der Waals surface area contributed by atoms with Crippen molar-refractivity contribution in [2.75, 3.05) is 5.73 Å². The topological polar surface area (TPSA) is 114 Å². The second kappa shape index (κ2) is 8.69. The van der Waals surface area contributed by atoms with Crippen LogP contribution in [0.3, 0.4) is 0 Å². The summed E-state index contributed by atoms with van der Waals surface area (Å²) >= 11 is 1.21. The Labute approximate surface area is 183 Å². The molecule has 1 fully saturated rings. The van der Waals surface area contributed by atoms with Gasteiger partial charge in [-0.25, -0.2) is 9.78 Å². The van der Waals surface area contributed by atoms with E-state index >= 15 is 0 Å². The number of nitrogen functional groups attached to an aromatic ring is 1. The number of hydrogen-bond acceptors (Lipinski definition) is 6. The fraction of sp³-hybridized carbons (Fsp3) is 0.217. The summed E-state index contributed by atoms with van der Waals surface area (Å²) in [5, 5.41) is 10.1. The summed E-state index contributed by atoms with van der Waals surface area (Å²) < 4.78 is 0. The van der Waals surface area contributed by atoms with Crippen LogP contribution in [0.25, 0.3) is 0 Å². The molecule has 3 N–H and O–H groups in total. The maximum Gasteiger partial charge on any atom is 0.327 e. The van der Waals surface area contributed by atoms with Crippen molar-refractivity contribution in [1.29, 1.82) is 0 Å².